The summed E-state index contributed by atoms with van der Waals surface area (Å²) in [6.07, 6.45) is 0. The fourth-order valence-electron chi connectivity index (χ4n) is 3.64. The van der Waals surface area contributed by atoms with Gasteiger partial charge in [-0.05, 0) is 43.3 Å². The minimum atomic E-state index is -0.439. The summed E-state index contributed by atoms with van der Waals surface area (Å²) >= 11 is 5.95. The molecule has 0 aliphatic carbocycles. The van der Waals surface area contributed by atoms with Gasteiger partial charge in [0.1, 0.15) is 0 Å². The molecule has 0 bridgehead atoms. The lowest BCUT2D eigenvalue weighted by molar-refractivity contribution is -0.384. The van der Waals surface area contributed by atoms with E-state index in [9.17, 15) is 19.7 Å². The van der Waals surface area contributed by atoms with Gasteiger partial charge in [0.2, 0.25) is 5.43 Å². The van der Waals surface area contributed by atoms with Crippen molar-refractivity contribution in [3.63, 3.8) is 0 Å². The monoisotopic (exact) mass is 453 g/mol. The first-order valence-corrected chi connectivity index (χ1v) is 10.4. The number of hydrogen-bond donors (Lipinski definition) is 0. The number of aromatic nitrogens is 2. The Morgan fingerprint density at radius 3 is 2.19 bits per heavy atom. The Labute approximate surface area is 188 Å². The Kier molecular flexibility index (Phi) is 5.91. The van der Waals surface area contributed by atoms with Crippen molar-refractivity contribution in [2.75, 3.05) is 31.1 Å². The van der Waals surface area contributed by atoms with E-state index >= 15 is 0 Å². The van der Waals surface area contributed by atoms with Gasteiger partial charge in [-0.15, -0.1) is 0 Å². The number of carbonyl (C=O) groups is 1. The third-order valence-corrected chi connectivity index (χ3v) is 5.63. The van der Waals surface area contributed by atoms with Crippen LogP contribution in [0.5, 0.6) is 0 Å². The maximum absolute atomic E-state index is 13.1. The average molecular weight is 454 g/mol. The second-order valence-electron chi connectivity index (χ2n) is 7.44. The van der Waals surface area contributed by atoms with Crippen molar-refractivity contribution >= 4 is 28.9 Å². The van der Waals surface area contributed by atoms with Crippen molar-refractivity contribution in [2.45, 2.75) is 6.92 Å². The van der Waals surface area contributed by atoms with E-state index in [1.807, 2.05) is 4.90 Å². The van der Waals surface area contributed by atoms with Crippen LogP contribution in [0.2, 0.25) is 5.02 Å². The number of piperazine rings is 1. The highest BCUT2D eigenvalue weighted by Gasteiger charge is 2.26. The molecule has 2 aromatic carbocycles. The fraction of sp³-hybridized carbons (Fsp3) is 0.227. The molecule has 0 spiro atoms. The number of benzene rings is 2. The summed E-state index contributed by atoms with van der Waals surface area (Å²) in [7, 11) is 0. The van der Waals surface area contributed by atoms with Gasteiger partial charge in [-0.25, -0.2) is 4.68 Å². The number of non-ortho nitro benzene ring substituents is 1. The molecule has 9 nitrogen and oxygen atoms in total. The maximum atomic E-state index is 13.1. The number of rotatable bonds is 4. The molecule has 1 fully saturated rings. The quantitative estimate of drug-likeness (QED) is 0.444. The second kappa shape index (κ2) is 8.80. The topological polar surface area (TPSA) is 102 Å². The molecule has 1 saturated heterocycles. The molecular weight excluding hydrogens is 434 g/mol. The fourth-order valence-corrected chi connectivity index (χ4v) is 3.77. The Bertz CT molecular complexity index is 1220. The van der Waals surface area contributed by atoms with Crippen LogP contribution < -0.4 is 10.3 Å². The second-order valence-corrected chi connectivity index (χ2v) is 7.88. The van der Waals surface area contributed by atoms with E-state index in [-0.39, 0.29) is 11.4 Å². The lowest BCUT2D eigenvalue weighted by atomic mass is 10.2. The molecule has 1 aliphatic heterocycles. The molecular formula is C22H20ClN5O4. The highest BCUT2D eigenvalue weighted by molar-refractivity contribution is 6.30. The molecule has 4 rings (SSSR count). The molecule has 3 aromatic rings. The Hall–Kier alpha value is -3.72. The minimum absolute atomic E-state index is 0.0324. The Balaban J connectivity index is 1.50. The molecule has 164 valence electrons. The first kappa shape index (κ1) is 21.5. The van der Waals surface area contributed by atoms with Crippen LogP contribution >= 0.6 is 11.6 Å². The highest BCUT2D eigenvalue weighted by atomic mass is 35.5. The molecule has 1 aliphatic rings. The molecule has 0 atom stereocenters. The highest BCUT2D eigenvalue weighted by Crippen LogP contribution is 2.21. The van der Waals surface area contributed by atoms with Gasteiger partial charge < -0.3 is 9.80 Å². The van der Waals surface area contributed by atoms with Gasteiger partial charge in [0, 0.05) is 60.8 Å². The smallest absolute Gasteiger partial charge is 0.278 e. The summed E-state index contributed by atoms with van der Waals surface area (Å²) < 4.78 is 1.55. The van der Waals surface area contributed by atoms with Gasteiger partial charge in [0.15, 0.2) is 5.69 Å². The molecule has 1 amide bonds. The summed E-state index contributed by atoms with van der Waals surface area (Å²) in [6, 6.07) is 14.7. The van der Waals surface area contributed by atoms with E-state index in [0.717, 1.165) is 5.69 Å². The Morgan fingerprint density at radius 2 is 1.59 bits per heavy atom. The number of nitro groups is 1. The van der Waals surface area contributed by atoms with Crippen molar-refractivity contribution in [3.05, 3.63) is 91.3 Å². The summed E-state index contributed by atoms with van der Waals surface area (Å²) in [4.78, 5) is 39.6. The van der Waals surface area contributed by atoms with Crippen LogP contribution in [0, 0.1) is 17.0 Å². The molecule has 10 heteroatoms. The number of aryl methyl sites for hydroxylation is 1. The third kappa shape index (κ3) is 4.33. The van der Waals surface area contributed by atoms with Crippen molar-refractivity contribution in [1.82, 2.24) is 14.7 Å². The molecule has 0 N–H and O–H groups in total. The number of carbonyl (C=O) groups excluding carboxylic acids is 1. The molecule has 0 unspecified atom stereocenters. The van der Waals surface area contributed by atoms with Crippen LogP contribution in [-0.4, -0.2) is 51.7 Å². The molecule has 0 saturated carbocycles. The summed E-state index contributed by atoms with van der Waals surface area (Å²) in [5, 5.41) is 15.7. The zero-order valence-corrected chi connectivity index (χ0v) is 18.0. The predicted octanol–water partition coefficient (Wildman–Crippen LogP) is 3.06. The number of halogens is 1. The Morgan fingerprint density at radius 1 is 1.00 bits per heavy atom. The van der Waals surface area contributed by atoms with E-state index in [1.54, 1.807) is 52.9 Å². The van der Waals surface area contributed by atoms with Crippen molar-refractivity contribution in [1.29, 1.82) is 0 Å². The number of amides is 1. The van der Waals surface area contributed by atoms with Crippen molar-refractivity contribution in [3.8, 4) is 5.69 Å². The van der Waals surface area contributed by atoms with E-state index < -0.39 is 16.3 Å². The maximum Gasteiger partial charge on any atom is 0.278 e. The van der Waals surface area contributed by atoms with Gasteiger partial charge in [0.05, 0.1) is 10.6 Å². The van der Waals surface area contributed by atoms with E-state index in [1.165, 1.54) is 18.2 Å². The molecule has 32 heavy (non-hydrogen) atoms. The normalized spacial score (nSPS) is 13.8. The first-order valence-electron chi connectivity index (χ1n) is 9.99. The van der Waals surface area contributed by atoms with Gasteiger partial charge in [0.25, 0.3) is 11.6 Å². The largest absolute Gasteiger partial charge is 0.368 e. The van der Waals surface area contributed by atoms with Crippen molar-refractivity contribution < 1.29 is 9.72 Å². The van der Waals surface area contributed by atoms with E-state index in [2.05, 4.69) is 5.10 Å². The van der Waals surface area contributed by atoms with Crippen LogP contribution in [0.4, 0.5) is 11.4 Å². The van der Waals surface area contributed by atoms with Crippen molar-refractivity contribution in [2.24, 2.45) is 0 Å². The minimum Gasteiger partial charge on any atom is -0.368 e. The standard InChI is InChI=1S/C22H20ClN5O4/c1-15-14-20(29)21(24-27(15)18-4-2-16(23)3-5-18)22(30)26-12-10-25(11-13-26)17-6-8-19(9-7-17)28(31)32/h2-9,14H,10-13H2,1H3. The first-order chi connectivity index (χ1) is 15.3. The summed E-state index contributed by atoms with van der Waals surface area (Å²) in [6.45, 7) is 3.65. The van der Waals surface area contributed by atoms with Crippen LogP contribution in [0.25, 0.3) is 5.69 Å². The van der Waals surface area contributed by atoms with E-state index in [0.29, 0.717) is 42.6 Å². The van der Waals surface area contributed by atoms with Gasteiger partial charge in [-0.2, -0.15) is 5.10 Å². The number of hydrogen-bond acceptors (Lipinski definition) is 6. The van der Waals surface area contributed by atoms with Gasteiger partial charge >= 0.3 is 0 Å². The number of nitro benzene ring substituents is 1. The number of nitrogens with zero attached hydrogens (tertiary/aromatic N) is 5. The third-order valence-electron chi connectivity index (χ3n) is 5.37. The lowest BCUT2D eigenvalue weighted by Crippen LogP contribution is -2.50. The number of anilines is 1. The van der Waals surface area contributed by atoms with Crippen LogP contribution in [0.1, 0.15) is 16.2 Å². The summed E-state index contributed by atoms with van der Waals surface area (Å²) in [5.41, 5.74) is 1.64. The zero-order valence-electron chi connectivity index (χ0n) is 17.3. The zero-order chi connectivity index (χ0) is 22.8. The molecule has 2 heterocycles. The SMILES string of the molecule is Cc1cc(=O)c(C(=O)N2CCN(c3ccc([N+](=O)[O-])cc3)CC2)nn1-c1ccc(Cl)cc1. The lowest BCUT2D eigenvalue weighted by Gasteiger charge is -2.35. The van der Waals surface area contributed by atoms with Crippen LogP contribution in [0.15, 0.2) is 59.4 Å². The van der Waals surface area contributed by atoms with Gasteiger partial charge in [-0.3, -0.25) is 19.7 Å². The predicted molar refractivity (Wildman–Crippen MR) is 121 cm³/mol. The van der Waals surface area contributed by atoms with Gasteiger partial charge in [-0.1, -0.05) is 11.6 Å². The van der Waals surface area contributed by atoms with E-state index in [4.69, 9.17) is 11.6 Å². The average Bonchev–Trinajstić information content (AvgIpc) is 2.80. The van der Waals surface area contributed by atoms with Crippen LogP contribution in [0.3, 0.4) is 0 Å². The van der Waals surface area contributed by atoms with Crippen LogP contribution in [-0.2, 0) is 0 Å². The molecule has 1 aromatic heterocycles. The molecule has 0 radical (unpaired) electrons. The summed E-state index contributed by atoms with van der Waals surface area (Å²) in [5.74, 6) is -0.416.